The maximum atomic E-state index is 11.8. The molecule has 6 nitrogen and oxygen atoms in total. The van der Waals surface area contributed by atoms with E-state index >= 15 is 0 Å². The minimum absolute atomic E-state index is 0.0850. The Morgan fingerprint density at radius 2 is 1.84 bits per heavy atom. The molecular weight excluding hydrogens is 390 g/mol. The molecule has 3 aromatic rings. The molecular formula is C18H16BrNO5. The van der Waals surface area contributed by atoms with E-state index in [9.17, 15) is 9.59 Å². The highest BCUT2D eigenvalue weighted by Gasteiger charge is 2.11. The fourth-order valence-electron chi connectivity index (χ4n) is 2.35. The van der Waals surface area contributed by atoms with Crippen molar-refractivity contribution in [2.24, 2.45) is 0 Å². The van der Waals surface area contributed by atoms with Gasteiger partial charge in [0, 0.05) is 11.0 Å². The smallest absolute Gasteiger partial charge is 0.419 e. The average Bonchev–Trinajstić information content (AvgIpc) is 2.93. The van der Waals surface area contributed by atoms with Gasteiger partial charge in [0.15, 0.2) is 5.58 Å². The van der Waals surface area contributed by atoms with Crippen LogP contribution in [0.2, 0.25) is 0 Å². The fourth-order valence-corrected chi connectivity index (χ4v) is 2.61. The van der Waals surface area contributed by atoms with Crippen molar-refractivity contribution < 1.29 is 18.7 Å². The highest BCUT2D eigenvalue weighted by molar-refractivity contribution is 9.10. The summed E-state index contributed by atoms with van der Waals surface area (Å²) in [6, 6.07) is 14.5. The quantitative estimate of drug-likeness (QED) is 0.445. The molecule has 0 N–H and O–H groups in total. The van der Waals surface area contributed by atoms with Gasteiger partial charge in [-0.1, -0.05) is 28.1 Å². The summed E-state index contributed by atoms with van der Waals surface area (Å²) >= 11 is 3.34. The van der Waals surface area contributed by atoms with E-state index in [0.29, 0.717) is 16.8 Å². The normalized spacial score (nSPS) is 10.8. The van der Waals surface area contributed by atoms with E-state index in [1.807, 2.05) is 30.3 Å². The number of hydrogen-bond donors (Lipinski definition) is 0. The lowest BCUT2D eigenvalue weighted by molar-refractivity contribution is -0.144. The zero-order valence-electron chi connectivity index (χ0n) is 13.3. The van der Waals surface area contributed by atoms with Crippen LogP contribution in [0, 0.1) is 0 Å². The van der Waals surface area contributed by atoms with E-state index in [4.69, 9.17) is 13.9 Å². The Bertz CT molecular complexity index is 913. The minimum atomic E-state index is -0.479. The van der Waals surface area contributed by atoms with Gasteiger partial charge in [-0.15, -0.1) is 0 Å². The lowest BCUT2D eigenvalue weighted by Crippen LogP contribution is -2.18. The van der Waals surface area contributed by atoms with Crippen LogP contribution in [0.1, 0.15) is 6.42 Å². The number of rotatable bonds is 7. The number of hydrogen-bond acceptors (Lipinski definition) is 5. The molecule has 7 heteroatoms. The third kappa shape index (κ3) is 4.51. The SMILES string of the molecule is O=C(CCn1c(=O)oc2ccccc21)OCCOc1ccc(Br)cc1. The van der Waals surface area contributed by atoms with Crippen molar-refractivity contribution >= 4 is 33.0 Å². The van der Waals surface area contributed by atoms with Crippen LogP contribution in [-0.2, 0) is 16.1 Å². The number of carbonyl (C=O) groups is 1. The standard InChI is InChI=1S/C18H16BrNO5/c19-13-5-7-14(8-6-13)23-11-12-24-17(21)9-10-20-15-3-1-2-4-16(15)25-18(20)22/h1-8H,9-12H2. The van der Waals surface area contributed by atoms with Crippen LogP contribution in [0.15, 0.2) is 62.2 Å². The molecule has 1 heterocycles. The molecule has 0 radical (unpaired) electrons. The van der Waals surface area contributed by atoms with Crippen LogP contribution < -0.4 is 10.5 Å². The predicted molar refractivity (Wildman–Crippen MR) is 95.7 cm³/mol. The molecule has 0 bridgehead atoms. The third-order valence-electron chi connectivity index (χ3n) is 3.54. The van der Waals surface area contributed by atoms with Gasteiger partial charge in [0.2, 0.25) is 0 Å². The Morgan fingerprint density at radius 1 is 1.08 bits per heavy atom. The van der Waals surface area contributed by atoms with Crippen molar-refractivity contribution in [3.63, 3.8) is 0 Å². The average molecular weight is 406 g/mol. The predicted octanol–water partition coefficient (Wildman–Crippen LogP) is 3.37. The zero-order valence-corrected chi connectivity index (χ0v) is 14.9. The van der Waals surface area contributed by atoms with E-state index in [1.165, 1.54) is 4.57 Å². The number of para-hydroxylation sites is 2. The van der Waals surface area contributed by atoms with Gasteiger partial charge in [-0.05, 0) is 36.4 Å². The number of fused-ring (bicyclic) bond motifs is 1. The molecule has 130 valence electrons. The molecule has 25 heavy (non-hydrogen) atoms. The number of ether oxygens (including phenoxy) is 2. The molecule has 0 aliphatic rings. The highest BCUT2D eigenvalue weighted by Crippen LogP contribution is 2.16. The van der Waals surface area contributed by atoms with Gasteiger partial charge < -0.3 is 13.9 Å². The van der Waals surface area contributed by atoms with E-state index in [-0.39, 0.29) is 26.2 Å². The second-order valence-electron chi connectivity index (χ2n) is 5.26. The van der Waals surface area contributed by atoms with E-state index < -0.39 is 11.7 Å². The molecule has 0 unspecified atom stereocenters. The molecule has 0 aliphatic heterocycles. The Kier molecular flexibility index (Phi) is 5.55. The highest BCUT2D eigenvalue weighted by atomic mass is 79.9. The van der Waals surface area contributed by atoms with Gasteiger partial charge >= 0.3 is 11.7 Å². The molecule has 0 atom stereocenters. The summed E-state index contributed by atoms with van der Waals surface area (Å²) in [6.45, 7) is 0.625. The maximum absolute atomic E-state index is 11.8. The van der Waals surface area contributed by atoms with Crippen molar-refractivity contribution in [1.29, 1.82) is 0 Å². The van der Waals surface area contributed by atoms with Gasteiger partial charge in [0.25, 0.3) is 0 Å². The molecule has 1 aromatic heterocycles. The number of aromatic nitrogens is 1. The van der Waals surface area contributed by atoms with Crippen LogP contribution >= 0.6 is 15.9 Å². The number of halogens is 1. The Morgan fingerprint density at radius 3 is 2.64 bits per heavy atom. The summed E-state index contributed by atoms with van der Waals surface area (Å²) in [6.07, 6.45) is 0.0850. The van der Waals surface area contributed by atoms with E-state index in [0.717, 1.165) is 4.47 Å². The van der Waals surface area contributed by atoms with Crippen LogP contribution in [-0.4, -0.2) is 23.8 Å². The van der Waals surface area contributed by atoms with Gasteiger partial charge in [0.1, 0.15) is 19.0 Å². The third-order valence-corrected chi connectivity index (χ3v) is 4.07. The van der Waals surface area contributed by atoms with Crippen molar-refractivity contribution in [3.05, 3.63) is 63.6 Å². The second kappa shape index (κ2) is 8.02. The number of nitrogens with zero attached hydrogens (tertiary/aromatic N) is 1. The number of esters is 1. The second-order valence-corrected chi connectivity index (χ2v) is 6.18. The summed E-state index contributed by atoms with van der Waals surface area (Å²) in [4.78, 5) is 23.6. The van der Waals surface area contributed by atoms with Crippen molar-refractivity contribution in [2.75, 3.05) is 13.2 Å². The van der Waals surface area contributed by atoms with Crippen molar-refractivity contribution in [2.45, 2.75) is 13.0 Å². The van der Waals surface area contributed by atoms with Crippen LogP contribution in [0.3, 0.4) is 0 Å². The molecule has 0 saturated heterocycles. The minimum Gasteiger partial charge on any atom is -0.490 e. The molecule has 0 aliphatic carbocycles. The number of carbonyl (C=O) groups excluding carboxylic acids is 1. The monoisotopic (exact) mass is 405 g/mol. The van der Waals surface area contributed by atoms with E-state index in [1.54, 1.807) is 18.2 Å². The first-order chi connectivity index (χ1) is 12.1. The summed E-state index contributed by atoms with van der Waals surface area (Å²) < 4.78 is 18.1. The first-order valence-electron chi connectivity index (χ1n) is 7.76. The first kappa shape index (κ1) is 17.3. The van der Waals surface area contributed by atoms with Gasteiger partial charge in [-0.2, -0.15) is 0 Å². The molecule has 2 aromatic carbocycles. The Hall–Kier alpha value is -2.54. The van der Waals surface area contributed by atoms with Crippen LogP contribution in [0.4, 0.5) is 0 Å². The van der Waals surface area contributed by atoms with Gasteiger partial charge in [0.05, 0.1) is 11.9 Å². The Balaban J connectivity index is 1.44. The molecule has 0 saturated carbocycles. The lowest BCUT2D eigenvalue weighted by Gasteiger charge is -2.07. The summed E-state index contributed by atoms with van der Waals surface area (Å²) in [5.41, 5.74) is 1.17. The van der Waals surface area contributed by atoms with Gasteiger partial charge in [-0.3, -0.25) is 9.36 Å². The summed E-state index contributed by atoms with van der Waals surface area (Å²) in [7, 11) is 0. The maximum Gasteiger partial charge on any atom is 0.419 e. The topological polar surface area (TPSA) is 70.7 Å². The van der Waals surface area contributed by atoms with Crippen molar-refractivity contribution in [3.8, 4) is 5.75 Å². The number of aryl methyl sites for hydroxylation is 1. The molecule has 0 spiro atoms. The molecule has 0 fully saturated rings. The molecule has 0 amide bonds. The van der Waals surface area contributed by atoms with Crippen LogP contribution in [0.5, 0.6) is 5.75 Å². The zero-order chi connectivity index (χ0) is 17.6. The lowest BCUT2D eigenvalue weighted by atomic mass is 10.3. The number of benzene rings is 2. The summed E-state index contributed by atoms with van der Waals surface area (Å²) in [5.74, 6) is -0.167. The Labute approximate surface area is 152 Å². The molecule has 3 rings (SSSR count). The number of oxazole rings is 1. The van der Waals surface area contributed by atoms with Gasteiger partial charge in [-0.25, -0.2) is 4.79 Å². The van der Waals surface area contributed by atoms with E-state index in [2.05, 4.69) is 15.9 Å². The fraction of sp³-hybridized carbons (Fsp3) is 0.222. The largest absolute Gasteiger partial charge is 0.490 e. The van der Waals surface area contributed by atoms with Crippen LogP contribution in [0.25, 0.3) is 11.1 Å². The first-order valence-corrected chi connectivity index (χ1v) is 8.55. The van der Waals surface area contributed by atoms with Crippen molar-refractivity contribution in [1.82, 2.24) is 4.57 Å². The summed E-state index contributed by atoms with van der Waals surface area (Å²) in [5, 5.41) is 0.